The van der Waals surface area contributed by atoms with E-state index in [0.717, 1.165) is 44.9 Å². The fourth-order valence-electron chi connectivity index (χ4n) is 4.94. The zero-order valence-electron chi connectivity index (χ0n) is 30.5. The standard InChI is InChI=1S/C39H67NO7/c1-6-8-9-10-11-12-13-14-15-16-17-18-19-20-21-22-23-24-25-26-27-28-29-30-38(42)47-35(34-46-37(41)7-2)33-45-32-31-36(39(43)44)40(3,4)5/h8-9,11-12,14-15,17-18,35-36H,6-7,10,13,16,19-34H2,1-5H3/p+1/b9-8-,12-11-,15-14-,18-17-. The van der Waals surface area contributed by atoms with Gasteiger partial charge >= 0.3 is 17.9 Å². The van der Waals surface area contributed by atoms with Gasteiger partial charge in [-0.25, -0.2) is 4.79 Å². The molecule has 8 heteroatoms. The molecule has 8 nitrogen and oxygen atoms in total. The predicted octanol–water partition coefficient (Wildman–Crippen LogP) is 8.90. The van der Waals surface area contributed by atoms with Gasteiger partial charge in [0.25, 0.3) is 0 Å². The number of rotatable bonds is 31. The molecule has 1 N–H and O–H groups in total. The maximum absolute atomic E-state index is 12.4. The largest absolute Gasteiger partial charge is 0.477 e. The summed E-state index contributed by atoms with van der Waals surface area (Å²) < 4.78 is 16.6. The van der Waals surface area contributed by atoms with Gasteiger partial charge in [-0.2, -0.15) is 0 Å². The van der Waals surface area contributed by atoms with E-state index < -0.39 is 18.1 Å². The molecule has 0 saturated heterocycles. The van der Waals surface area contributed by atoms with Crippen LogP contribution in [-0.4, -0.2) is 80.6 Å². The number of carboxylic acid groups (broad SMARTS) is 1. The molecule has 0 saturated carbocycles. The van der Waals surface area contributed by atoms with Crippen LogP contribution in [0.1, 0.15) is 129 Å². The number of unbranched alkanes of at least 4 members (excludes halogenated alkanes) is 10. The van der Waals surface area contributed by atoms with E-state index in [1.54, 1.807) is 6.92 Å². The second kappa shape index (κ2) is 30.6. The fraction of sp³-hybridized carbons (Fsp3) is 0.718. The smallest absolute Gasteiger partial charge is 0.362 e. The second-order valence-electron chi connectivity index (χ2n) is 13.1. The third kappa shape index (κ3) is 29.2. The first-order valence-electron chi connectivity index (χ1n) is 18.2. The Morgan fingerprint density at radius 2 is 1.17 bits per heavy atom. The molecule has 0 amide bonds. The van der Waals surface area contributed by atoms with Gasteiger partial charge in [0.05, 0.1) is 34.4 Å². The number of carbonyl (C=O) groups excluding carboxylic acids is 2. The zero-order chi connectivity index (χ0) is 35.0. The van der Waals surface area contributed by atoms with Gasteiger partial charge in [0.15, 0.2) is 12.1 Å². The second-order valence-corrected chi connectivity index (χ2v) is 13.1. The molecule has 0 fully saturated rings. The van der Waals surface area contributed by atoms with Crippen LogP contribution in [0.3, 0.4) is 0 Å². The number of carbonyl (C=O) groups is 3. The van der Waals surface area contributed by atoms with Crippen molar-refractivity contribution < 1.29 is 38.2 Å². The molecule has 0 rings (SSSR count). The van der Waals surface area contributed by atoms with Crippen molar-refractivity contribution in [3.8, 4) is 0 Å². The van der Waals surface area contributed by atoms with Gasteiger partial charge in [0.1, 0.15) is 6.61 Å². The number of allylic oxidation sites excluding steroid dienone is 8. The summed E-state index contributed by atoms with van der Waals surface area (Å²) in [5.41, 5.74) is 0. The molecule has 47 heavy (non-hydrogen) atoms. The van der Waals surface area contributed by atoms with Gasteiger partial charge in [-0.15, -0.1) is 0 Å². The average Bonchev–Trinajstić information content (AvgIpc) is 3.02. The Morgan fingerprint density at radius 1 is 0.660 bits per heavy atom. The first-order valence-corrected chi connectivity index (χ1v) is 18.2. The van der Waals surface area contributed by atoms with Gasteiger partial charge < -0.3 is 23.8 Å². The maximum atomic E-state index is 12.4. The molecule has 0 aliphatic heterocycles. The van der Waals surface area contributed by atoms with Crippen LogP contribution in [0.5, 0.6) is 0 Å². The lowest BCUT2D eigenvalue weighted by Crippen LogP contribution is -2.50. The Morgan fingerprint density at radius 3 is 1.68 bits per heavy atom. The highest BCUT2D eigenvalue weighted by atomic mass is 16.6. The number of likely N-dealkylation sites (N-methyl/N-ethyl adjacent to an activating group) is 1. The highest BCUT2D eigenvalue weighted by Crippen LogP contribution is 2.13. The number of carboxylic acids is 1. The lowest BCUT2D eigenvalue weighted by Gasteiger charge is -2.31. The topological polar surface area (TPSA) is 99.1 Å². The summed E-state index contributed by atoms with van der Waals surface area (Å²) in [7, 11) is 5.47. The van der Waals surface area contributed by atoms with Crippen LogP contribution >= 0.6 is 0 Å². The molecule has 0 spiro atoms. The summed E-state index contributed by atoms with van der Waals surface area (Å²) in [6.45, 7) is 4.04. The molecule has 0 aromatic carbocycles. The van der Waals surface area contributed by atoms with E-state index >= 15 is 0 Å². The summed E-state index contributed by atoms with van der Waals surface area (Å²) in [5, 5.41) is 9.47. The normalized spacial score (nSPS) is 13.6. The molecule has 0 bridgehead atoms. The number of ether oxygens (including phenoxy) is 3. The minimum atomic E-state index is -0.884. The van der Waals surface area contributed by atoms with Crippen molar-refractivity contribution in [1.82, 2.24) is 0 Å². The molecule has 0 heterocycles. The SMILES string of the molecule is CC/C=C\C/C=C\C/C=C\C/C=C\CCCCCCCCCCCCC(=O)OC(COCCC(C(=O)O)[N+](C)(C)C)COC(=O)CC. The van der Waals surface area contributed by atoms with Crippen molar-refractivity contribution in [3.63, 3.8) is 0 Å². The minimum absolute atomic E-state index is 0.0522. The number of hydrogen-bond acceptors (Lipinski definition) is 6. The fourth-order valence-corrected chi connectivity index (χ4v) is 4.94. The van der Waals surface area contributed by atoms with Crippen LogP contribution in [0.25, 0.3) is 0 Å². The highest BCUT2D eigenvalue weighted by Gasteiger charge is 2.31. The molecule has 2 atom stereocenters. The van der Waals surface area contributed by atoms with E-state index in [0.29, 0.717) is 12.8 Å². The van der Waals surface area contributed by atoms with Crippen molar-refractivity contribution in [3.05, 3.63) is 48.6 Å². The summed E-state index contributed by atoms with van der Waals surface area (Å²) in [5.74, 6) is -1.58. The number of quaternary nitrogens is 1. The van der Waals surface area contributed by atoms with Crippen LogP contribution < -0.4 is 0 Å². The Labute approximate surface area is 286 Å². The Hall–Kier alpha value is -2.71. The zero-order valence-corrected chi connectivity index (χ0v) is 30.5. The van der Waals surface area contributed by atoms with Gasteiger partial charge in [-0.3, -0.25) is 9.59 Å². The molecule has 0 aromatic heterocycles. The summed E-state index contributed by atoms with van der Waals surface area (Å²) >= 11 is 0. The van der Waals surface area contributed by atoms with E-state index in [1.165, 1.54) is 51.4 Å². The minimum Gasteiger partial charge on any atom is -0.477 e. The number of nitrogens with zero attached hydrogens (tertiary/aromatic N) is 1. The average molecular weight is 663 g/mol. The summed E-state index contributed by atoms with van der Waals surface area (Å²) in [4.78, 5) is 35.6. The lowest BCUT2D eigenvalue weighted by atomic mass is 10.0. The molecule has 0 aliphatic rings. The Balaban J connectivity index is 3.91. The van der Waals surface area contributed by atoms with E-state index in [1.807, 2.05) is 21.1 Å². The number of esters is 2. The first kappa shape index (κ1) is 44.3. The lowest BCUT2D eigenvalue weighted by molar-refractivity contribution is -0.887. The van der Waals surface area contributed by atoms with Crippen molar-refractivity contribution >= 4 is 17.9 Å². The summed E-state index contributed by atoms with van der Waals surface area (Å²) in [6.07, 6.45) is 35.1. The van der Waals surface area contributed by atoms with Gasteiger partial charge in [0.2, 0.25) is 0 Å². The van der Waals surface area contributed by atoms with Crippen LogP contribution in [0.4, 0.5) is 0 Å². The Bertz CT molecular complexity index is 917. The van der Waals surface area contributed by atoms with E-state index in [-0.39, 0.29) is 42.7 Å². The molecule has 270 valence electrons. The molecule has 0 radical (unpaired) electrons. The van der Waals surface area contributed by atoms with Crippen molar-refractivity contribution in [2.45, 2.75) is 142 Å². The van der Waals surface area contributed by atoms with Crippen LogP contribution in [-0.2, 0) is 28.6 Å². The third-order valence-electron chi connectivity index (χ3n) is 7.80. The van der Waals surface area contributed by atoms with Crippen LogP contribution in [0.15, 0.2) is 48.6 Å². The Kier molecular flexibility index (Phi) is 28.8. The maximum Gasteiger partial charge on any atom is 0.362 e. The van der Waals surface area contributed by atoms with Crippen LogP contribution in [0, 0.1) is 0 Å². The highest BCUT2D eigenvalue weighted by molar-refractivity contribution is 5.72. The third-order valence-corrected chi connectivity index (χ3v) is 7.80. The first-order chi connectivity index (χ1) is 22.6. The van der Waals surface area contributed by atoms with Crippen LogP contribution in [0.2, 0.25) is 0 Å². The van der Waals surface area contributed by atoms with Crippen molar-refractivity contribution in [2.75, 3.05) is 41.0 Å². The molecule has 0 aliphatic carbocycles. The van der Waals surface area contributed by atoms with Gasteiger partial charge in [-0.05, 0) is 44.9 Å². The van der Waals surface area contributed by atoms with Crippen molar-refractivity contribution in [1.29, 1.82) is 0 Å². The predicted molar refractivity (Wildman–Crippen MR) is 192 cm³/mol. The van der Waals surface area contributed by atoms with Gasteiger partial charge in [-0.1, -0.05) is 114 Å². The quantitative estimate of drug-likeness (QED) is 0.0343. The summed E-state index contributed by atoms with van der Waals surface area (Å²) in [6, 6.07) is -0.610. The number of aliphatic carboxylic acids is 1. The molecular formula is C39H68NO7+. The number of hydrogen-bond donors (Lipinski definition) is 1. The van der Waals surface area contributed by atoms with E-state index in [2.05, 4.69) is 55.5 Å². The van der Waals surface area contributed by atoms with E-state index in [4.69, 9.17) is 14.2 Å². The molecule has 2 unspecified atom stereocenters. The van der Waals surface area contributed by atoms with Crippen molar-refractivity contribution in [2.24, 2.45) is 0 Å². The molecular weight excluding hydrogens is 594 g/mol. The van der Waals surface area contributed by atoms with Gasteiger partial charge in [0, 0.05) is 19.3 Å². The molecule has 0 aromatic rings. The monoisotopic (exact) mass is 662 g/mol. The van der Waals surface area contributed by atoms with E-state index in [9.17, 15) is 19.5 Å².